The summed E-state index contributed by atoms with van der Waals surface area (Å²) in [5, 5.41) is 3.45. The summed E-state index contributed by atoms with van der Waals surface area (Å²) < 4.78 is 1.09. The molecule has 20 heavy (non-hydrogen) atoms. The van der Waals surface area contributed by atoms with Crippen LogP contribution in [-0.2, 0) is 0 Å². The van der Waals surface area contributed by atoms with Crippen LogP contribution in [0.3, 0.4) is 0 Å². The summed E-state index contributed by atoms with van der Waals surface area (Å²) in [6, 6.07) is 19.2. The molecule has 0 spiro atoms. The van der Waals surface area contributed by atoms with Crippen LogP contribution < -0.4 is 21.7 Å². The lowest BCUT2D eigenvalue weighted by molar-refractivity contribution is 0.548. The van der Waals surface area contributed by atoms with Crippen molar-refractivity contribution in [2.45, 2.75) is 12.1 Å². The lowest BCUT2D eigenvalue weighted by Crippen LogP contribution is -2.37. The zero-order chi connectivity index (χ0) is 13.8. The lowest BCUT2D eigenvalue weighted by atomic mass is 10.0. The molecule has 0 amide bonds. The minimum Gasteiger partial charge on any atom is -0.383 e. The third kappa shape index (κ3) is 3.19. The Kier molecular flexibility index (Phi) is 4.32. The average Bonchev–Trinajstić information content (AvgIpc) is 2.96. The molecule has 0 aromatic heterocycles. The largest absolute Gasteiger partial charge is 0.383 e. The fraction of sp³-hybridized carbons (Fsp3) is 0.200. The number of halogens is 1. The van der Waals surface area contributed by atoms with Gasteiger partial charge in [-0.05, 0) is 29.8 Å². The first-order valence-corrected chi connectivity index (χ1v) is 7.43. The third-order valence-corrected chi connectivity index (χ3v) is 3.95. The Balaban J connectivity index is 1.63. The molecule has 4 N–H and O–H groups in total. The highest BCUT2D eigenvalue weighted by molar-refractivity contribution is 9.10. The molecule has 4 nitrogen and oxygen atoms in total. The van der Waals surface area contributed by atoms with Crippen molar-refractivity contribution in [3.05, 3.63) is 64.6 Å². The summed E-state index contributed by atoms with van der Waals surface area (Å²) in [4.78, 5) is 0. The maximum atomic E-state index is 3.45. The fourth-order valence-electron chi connectivity index (χ4n) is 2.34. The van der Waals surface area contributed by atoms with E-state index < -0.39 is 0 Å². The Morgan fingerprint density at radius 1 is 0.950 bits per heavy atom. The van der Waals surface area contributed by atoms with Crippen LogP contribution in [0.1, 0.15) is 11.6 Å². The van der Waals surface area contributed by atoms with Gasteiger partial charge in [0.1, 0.15) is 0 Å². The van der Waals surface area contributed by atoms with Crippen molar-refractivity contribution in [3.8, 4) is 0 Å². The minimum atomic E-state index is 0.249. The van der Waals surface area contributed by atoms with Crippen LogP contribution in [0.2, 0.25) is 0 Å². The van der Waals surface area contributed by atoms with Gasteiger partial charge in [-0.1, -0.05) is 46.3 Å². The first-order chi connectivity index (χ1) is 9.83. The highest BCUT2D eigenvalue weighted by atomic mass is 79.9. The van der Waals surface area contributed by atoms with Crippen molar-refractivity contribution in [1.82, 2.24) is 16.4 Å². The number of hydrazine groups is 2. The Hall–Kier alpha value is -1.40. The predicted octanol–water partition coefficient (Wildman–Crippen LogP) is 2.58. The molecule has 0 aliphatic carbocycles. The van der Waals surface area contributed by atoms with E-state index >= 15 is 0 Å². The van der Waals surface area contributed by atoms with Crippen molar-refractivity contribution in [2.75, 3.05) is 11.9 Å². The van der Waals surface area contributed by atoms with E-state index in [2.05, 4.69) is 74.0 Å². The van der Waals surface area contributed by atoms with Gasteiger partial charge in [0.15, 0.2) is 0 Å². The van der Waals surface area contributed by atoms with Gasteiger partial charge >= 0.3 is 0 Å². The van der Waals surface area contributed by atoms with Gasteiger partial charge in [-0.3, -0.25) is 0 Å². The number of hydrogen-bond acceptors (Lipinski definition) is 4. The van der Waals surface area contributed by atoms with Crippen molar-refractivity contribution in [2.24, 2.45) is 0 Å². The molecule has 0 saturated carbocycles. The predicted molar refractivity (Wildman–Crippen MR) is 85.0 cm³/mol. The van der Waals surface area contributed by atoms with Crippen LogP contribution >= 0.6 is 15.9 Å². The van der Waals surface area contributed by atoms with E-state index in [1.807, 2.05) is 18.2 Å². The molecule has 2 aromatic carbocycles. The quantitative estimate of drug-likeness (QED) is 0.695. The summed E-state index contributed by atoms with van der Waals surface area (Å²) in [6.45, 7) is 0.835. The standard InChI is InChI=1S/C15H17BrN4/c16-12-6-8-13(9-7-12)17-10-14-15(19-20-18-14)11-4-2-1-3-5-11/h1-9,14-15,17-20H,10H2. The summed E-state index contributed by atoms with van der Waals surface area (Å²) in [6.07, 6.45) is 0. The first-order valence-electron chi connectivity index (χ1n) is 6.63. The Bertz CT molecular complexity index is 544. The molecule has 1 fully saturated rings. The number of benzene rings is 2. The highest BCUT2D eigenvalue weighted by Gasteiger charge is 2.27. The molecule has 1 saturated heterocycles. The second-order valence-corrected chi connectivity index (χ2v) is 5.71. The Labute approximate surface area is 127 Å². The minimum absolute atomic E-state index is 0.249. The van der Waals surface area contributed by atoms with E-state index in [4.69, 9.17) is 0 Å². The van der Waals surface area contributed by atoms with Gasteiger partial charge in [-0.2, -0.15) is 5.53 Å². The third-order valence-electron chi connectivity index (χ3n) is 3.42. The van der Waals surface area contributed by atoms with Gasteiger partial charge in [0.2, 0.25) is 0 Å². The lowest BCUT2D eigenvalue weighted by Gasteiger charge is -2.19. The van der Waals surface area contributed by atoms with Crippen LogP contribution in [0, 0.1) is 0 Å². The van der Waals surface area contributed by atoms with E-state index in [1.165, 1.54) is 5.56 Å². The molecule has 2 aromatic rings. The molecule has 2 atom stereocenters. The van der Waals surface area contributed by atoms with E-state index in [0.29, 0.717) is 0 Å². The molecular weight excluding hydrogens is 316 g/mol. The van der Waals surface area contributed by atoms with E-state index in [-0.39, 0.29) is 12.1 Å². The first kappa shape index (κ1) is 13.6. The number of nitrogens with one attached hydrogen (secondary N) is 4. The number of hydrogen-bond donors (Lipinski definition) is 4. The average molecular weight is 333 g/mol. The SMILES string of the molecule is Brc1ccc(NCC2NNNC2c2ccccc2)cc1. The van der Waals surface area contributed by atoms with Crippen LogP contribution in [0.5, 0.6) is 0 Å². The molecule has 1 aliphatic heterocycles. The van der Waals surface area contributed by atoms with E-state index in [1.54, 1.807) is 0 Å². The van der Waals surface area contributed by atoms with Crippen molar-refractivity contribution in [1.29, 1.82) is 0 Å². The molecule has 2 unspecified atom stereocenters. The van der Waals surface area contributed by atoms with Crippen LogP contribution in [-0.4, -0.2) is 12.6 Å². The summed E-state index contributed by atoms with van der Waals surface area (Å²) in [5.74, 6) is 0. The van der Waals surface area contributed by atoms with Gasteiger partial charge in [0.25, 0.3) is 0 Å². The summed E-state index contributed by atoms with van der Waals surface area (Å²) >= 11 is 3.44. The van der Waals surface area contributed by atoms with Crippen molar-refractivity contribution < 1.29 is 0 Å². The molecule has 3 rings (SSSR count). The second-order valence-electron chi connectivity index (χ2n) is 4.80. The zero-order valence-electron chi connectivity index (χ0n) is 10.9. The van der Waals surface area contributed by atoms with Gasteiger partial charge < -0.3 is 5.32 Å². The Morgan fingerprint density at radius 3 is 2.45 bits per heavy atom. The summed E-state index contributed by atoms with van der Waals surface area (Å²) in [7, 11) is 0. The zero-order valence-corrected chi connectivity index (χ0v) is 12.5. The maximum absolute atomic E-state index is 3.45. The van der Waals surface area contributed by atoms with Crippen molar-refractivity contribution >= 4 is 21.6 Å². The van der Waals surface area contributed by atoms with E-state index in [0.717, 1.165) is 16.7 Å². The van der Waals surface area contributed by atoms with Crippen LogP contribution in [0.4, 0.5) is 5.69 Å². The molecular formula is C15H17BrN4. The van der Waals surface area contributed by atoms with Gasteiger partial charge in [0.05, 0.1) is 12.1 Å². The highest BCUT2D eigenvalue weighted by Crippen LogP contribution is 2.20. The topological polar surface area (TPSA) is 48.1 Å². The van der Waals surface area contributed by atoms with Gasteiger partial charge in [-0.15, -0.1) is 0 Å². The number of anilines is 1. The molecule has 5 heteroatoms. The smallest absolute Gasteiger partial charge is 0.0660 e. The number of rotatable bonds is 4. The summed E-state index contributed by atoms with van der Waals surface area (Å²) in [5.41, 5.74) is 11.9. The second kappa shape index (κ2) is 6.37. The van der Waals surface area contributed by atoms with Gasteiger partial charge in [-0.25, -0.2) is 10.9 Å². The van der Waals surface area contributed by atoms with Crippen molar-refractivity contribution in [3.63, 3.8) is 0 Å². The molecule has 1 aliphatic rings. The molecule has 0 bridgehead atoms. The normalized spacial score (nSPS) is 21.9. The molecule has 104 valence electrons. The molecule has 1 heterocycles. The fourth-order valence-corrected chi connectivity index (χ4v) is 2.60. The monoisotopic (exact) mass is 332 g/mol. The van der Waals surface area contributed by atoms with Crippen LogP contribution in [0.15, 0.2) is 59.1 Å². The van der Waals surface area contributed by atoms with Crippen LogP contribution in [0.25, 0.3) is 0 Å². The molecule has 0 radical (unpaired) electrons. The Morgan fingerprint density at radius 2 is 1.70 bits per heavy atom. The maximum Gasteiger partial charge on any atom is 0.0660 e. The van der Waals surface area contributed by atoms with E-state index in [9.17, 15) is 0 Å². The van der Waals surface area contributed by atoms with Gasteiger partial charge in [0, 0.05) is 16.7 Å².